The average Bonchev–Trinajstić information content (AvgIpc) is 3.22. The molecule has 11 heteroatoms. The van der Waals surface area contributed by atoms with Crippen LogP contribution in [-0.4, -0.2) is 63.9 Å². The highest BCUT2D eigenvalue weighted by Crippen LogP contribution is 2.15. The number of amides is 1. The van der Waals surface area contributed by atoms with Crippen LogP contribution in [0.4, 0.5) is 4.79 Å². The van der Waals surface area contributed by atoms with Crippen LogP contribution in [0.25, 0.3) is 11.6 Å². The Morgan fingerprint density at radius 3 is 2.82 bits per heavy atom. The lowest BCUT2D eigenvalue weighted by Gasteiger charge is -2.40. The van der Waals surface area contributed by atoms with Gasteiger partial charge in [-0.25, -0.2) is 9.78 Å². The van der Waals surface area contributed by atoms with Gasteiger partial charge in [-0.15, -0.1) is 29.1 Å². The Labute approximate surface area is 180 Å². The van der Waals surface area contributed by atoms with Crippen molar-refractivity contribution in [2.24, 2.45) is 4.99 Å². The molecule has 0 aromatic carbocycles. The van der Waals surface area contributed by atoms with E-state index in [0.29, 0.717) is 43.0 Å². The number of nitrogens with one attached hydrogen (secondary N) is 3. The van der Waals surface area contributed by atoms with Crippen molar-refractivity contribution < 1.29 is 13.9 Å². The van der Waals surface area contributed by atoms with Crippen LogP contribution < -0.4 is 10.6 Å². The van der Waals surface area contributed by atoms with Gasteiger partial charge in [0.2, 0.25) is 5.82 Å². The number of likely N-dealkylation sites (tertiary alicyclic amines) is 1. The van der Waals surface area contributed by atoms with Gasteiger partial charge in [-0.05, 0) is 32.9 Å². The van der Waals surface area contributed by atoms with Crippen LogP contribution in [0.2, 0.25) is 0 Å². The summed E-state index contributed by atoms with van der Waals surface area (Å²) in [6.45, 7) is 7.13. The van der Waals surface area contributed by atoms with Crippen LogP contribution >= 0.6 is 24.0 Å². The smallest absolute Gasteiger partial charge is 0.410 e. The molecule has 154 valence electrons. The van der Waals surface area contributed by atoms with Gasteiger partial charge in [0.05, 0.1) is 18.8 Å². The van der Waals surface area contributed by atoms with Gasteiger partial charge in [0.1, 0.15) is 11.4 Å². The number of rotatable bonds is 4. The standard InChI is InChI=1S/C17H25N7O3.HI/c1-17(2,3)27-16(25)24-9-11(10-24)20-15(18-4)19-8-13-21-14(23-22-13)12-6-5-7-26-12;/h5-7,11H,8-10H2,1-4H3,(H2,18,19,20)(H,21,22,23);1H. The molecule has 0 aliphatic carbocycles. The fourth-order valence-corrected chi connectivity index (χ4v) is 2.49. The predicted molar refractivity (Wildman–Crippen MR) is 114 cm³/mol. The summed E-state index contributed by atoms with van der Waals surface area (Å²) in [6.07, 6.45) is 1.28. The summed E-state index contributed by atoms with van der Waals surface area (Å²) >= 11 is 0. The maximum absolute atomic E-state index is 12.0. The van der Waals surface area contributed by atoms with Crippen molar-refractivity contribution in [1.82, 2.24) is 30.7 Å². The number of ether oxygens (including phenoxy) is 1. The van der Waals surface area contributed by atoms with E-state index >= 15 is 0 Å². The van der Waals surface area contributed by atoms with Crippen LogP contribution in [0.5, 0.6) is 0 Å². The minimum absolute atomic E-state index is 0. The molecule has 0 atom stereocenters. The molecule has 0 bridgehead atoms. The Balaban J connectivity index is 0.00000280. The Kier molecular flexibility index (Phi) is 7.27. The van der Waals surface area contributed by atoms with E-state index in [1.165, 1.54) is 0 Å². The Hall–Kier alpha value is -2.31. The van der Waals surface area contributed by atoms with E-state index in [9.17, 15) is 4.79 Å². The number of aromatic amines is 1. The topological polar surface area (TPSA) is 121 Å². The summed E-state index contributed by atoms with van der Waals surface area (Å²) in [5, 5.41) is 13.4. The van der Waals surface area contributed by atoms with E-state index in [2.05, 4.69) is 30.8 Å². The summed E-state index contributed by atoms with van der Waals surface area (Å²) in [4.78, 5) is 22.2. The quantitative estimate of drug-likeness (QED) is 0.332. The summed E-state index contributed by atoms with van der Waals surface area (Å²) < 4.78 is 10.6. The monoisotopic (exact) mass is 503 g/mol. The number of hydrogen-bond acceptors (Lipinski definition) is 6. The molecule has 1 amide bonds. The van der Waals surface area contributed by atoms with Crippen molar-refractivity contribution >= 4 is 36.0 Å². The summed E-state index contributed by atoms with van der Waals surface area (Å²) in [5.74, 6) is 2.40. The number of halogens is 1. The molecule has 1 aliphatic rings. The van der Waals surface area contributed by atoms with Crippen molar-refractivity contribution in [2.45, 2.75) is 39.0 Å². The molecule has 2 aromatic heterocycles. The second-order valence-corrected chi connectivity index (χ2v) is 7.24. The predicted octanol–water partition coefficient (Wildman–Crippen LogP) is 1.97. The lowest BCUT2D eigenvalue weighted by atomic mass is 10.1. The van der Waals surface area contributed by atoms with Gasteiger partial charge in [-0.1, -0.05) is 0 Å². The van der Waals surface area contributed by atoms with Crippen molar-refractivity contribution in [1.29, 1.82) is 0 Å². The van der Waals surface area contributed by atoms with E-state index in [-0.39, 0.29) is 36.1 Å². The molecule has 1 saturated heterocycles. The molecule has 1 aliphatic heterocycles. The molecule has 3 N–H and O–H groups in total. The molecule has 3 rings (SSSR count). The number of nitrogens with zero attached hydrogens (tertiary/aromatic N) is 4. The van der Waals surface area contributed by atoms with Crippen LogP contribution in [0.3, 0.4) is 0 Å². The van der Waals surface area contributed by atoms with E-state index in [1.54, 1.807) is 30.3 Å². The number of hydrogen-bond donors (Lipinski definition) is 3. The highest BCUT2D eigenvalue weighted by atomic mass is 127. The maximum Gasteiger partial charge on any atom is 0.410 e. The first-order valence-electron chi connectivity index (χ1n) is 8.74. The molecule has 0 spiro atoms. The number of furan rings is 1. The second-order valence-electron chi connectivity index (χ2n) is 7.24. The molecule has 1 fully saturated rings. The van der Waals surface area contributed by atoms with Gasteiger partial charge in [-0.3, -0.25) is 10.1 Å². The van der Waals surface area contributed by atoms with Crippen LogP contribution in [0.1, 0.15) is 26.6 Å². The number of aromatic nitrogens is 3. The molecule has 0 radical (unpaired) electrons. The third kappa shape index (κ3) is 5.84. The van der Waals surface area contributed by atoms with Crippen molar-refractivity contribution in [3.05, 3.63) is 24.2 Å². The Morgan fingerprint density at radius 2 is 2.21 bits per heavy atom. The van der Waals surface area contributed by atoms with Crippen molar-refractivity contribution in [2.75, 3.05) is 20.1 Å². The number of carbonyl (C=O) groups excluding carboxylic acids is 1. The van der Waals surface area contributed by atoms with Crippen LogP contribution in [0.15, 0.2) is 27.8 Å². The lowest BCUT2D eigenvalue weighted by Crippen LogP contribution is -2.63. The SMILES string of the molecule is CN=C(NCc1nc(-c2ccco2)n[nH]1)NC1CN(C(=O)OC(C)(C)C)C1.I. The third-order valence-electron chi connectivity index (χ3n) is 3.79. The average molecular weight is 503 g/mol. The normalized spacial score (nSPS) is 14.9. The first kappa shape index (κ1) is 22.0. The third-order valence-corrected chi connectivity index (χ3v) is 3.79. The molecule has 2 aromatic rings. The Bertz CT molecular complexity index is 792. The lowest BCUT2D eigenvalue weighted by molar-refractivity contribution is 0.00701. The van der Waals surface area contributed by atoms with E-state index in [1.807, 2.05) is 20.8 Å². The number of aliphatic imine (C=N–C) groups is 1. The van der Waals surface area contributed by atoms with E-state index in [4.69, 9.17) is 9.15 Å². The molecule has 0 saturated carbocycles. The van der Waals surface area contributed by atoms with Crippen LogP contribution in [-0.2, 0) is 11.3 Å². The fraction of sp³-hybridized carbons (Fsp3) is 0.529. The number of H-pyrrole nitrogens is 1. The zero-order valence-electron chi connectivity index (χ0n) is 16.4. The van der Waals surface area contributed by atoms with E-state index in [0.717, 1.165) is 0 Å². The Morgan fingerprint density at radius 1 is 1.46 bits per heavy atom. The number of guanidine groups is 1. The second kappa shape index (κ2) is 9.26. The molecular weight excluding hydrogens is 477 g/mol. The zero-order valence-corrected chi connectivity index (χ0v) is 18.7. The molecule has 3 heterocycles. The fourth-order valence-electron chi connectivity index (χ4n) is 2.49. The van der Waals surface area contributed by atoms with Gasteiger partial charge in [0, 0.05) is 20.1 Å². The van der Waals surface area contributed by atoms with Crippen molar-refractivity contribution in [3.8, 4) is 11.6 Å². The number of carbonyl (C=O) groups is 1. The van der Waals surface area contributed by atoms with Crippen molar-refractivity contribution in [3.63, 3.8) is 0 Å². The maximum atomic E-state index is 12.0. The first-order chi connectivity index (χ1) is 12.8. The van der Waals surface area contributed by atoms with Gasteiger partial charge >= 0.3 is 6.09 Å². The van der Waals surface area contributed by atoms with E-state index < -0.39 is 5.60 Å². The van der Waals surface area contributed by atoms with Gasteiger partial charge in [0.15, 0.2) is 11.7 Å². The largest absolute Gasteiger partial charge is 0.461 e. The zero-order chi connectivity index (χ0) is 19.4. The molecule has 0 unspecified atom stereocenters. The minimum atomic E-state index is -0.487. The first-order valence-corrected chi connectivity index (χ1v) is 8.74. The molecular formula is C17H26IN7O3. The molecule has 10 nitrogen and oxygen atoms in total. The van der Waals surface area contributed by atoms with Gasteiger partial charge < -0.3 is 24.7 Å². The highest BCUT2D eigenvalue weighted by Gasteiger charge is 2.34. The van der Waals surface area contributed by atoms with Crippen LogP contribution in [0, 0.1) is 0 Å². The highest BCUT2D eigenvalue weighted by molar-refractivity contribution is 14.0. The summed E-state index contributed by atoms with van der Waals surface area (Å²) in [7, 11) is 1.69. The summed E-state index contributed by atoms with van der Waals surface area (Å²) in [5.41, 5.74) is -0.487. The minimum Gasteiger partial charge on any atom is -0.461 e. The van der Waals surface area contributed by atoms with Gasteiger partial charge in [0.25, 0.3) is 0 Å². The summed E-state index contributed by atoms with van der Waals surface area (Å²) in [6, 6.07) is 3.71. The van der Waals surface area contributed by atoms with Gasteiger partial charge in [-0.2, -0.15) is 0 Å². The molecule has 28 heavy (non-hydrogen) atoms.